The molecule has 0 aliphatic carbocycles. The summed E-state index contributed by atoms with van der Waals surface area (Å²) < 4.78 is 43.5. The Morgan fingerprint density at radius 3 is 2.42 bits per heavy atom. The number of aryl methyl sites for hydroxylation is 1. The number of ether oxygens (including phenoxy) is 1. The first-order valence-corrected chi connectivity index (χ1v) is 10.5. The lowest BCUT2D eigenvalue weighted by Crippen LogP contribution is -2.47. The molecule has 0 saturated carbocycles. The van der Waals surface area contributed by atoms with E-state index in [1.54, 1.807) is 40.0 Å². The number of carbonyl (C=O) groups is 2. The van der Waals surface area contributed by atoms with E-state index in [2.05, 4.69) is 20.3 Å². The molecule has 2 amide bonds. The molecule has 3 rings (SSSR count). The molecule has 0 spiro atoms. The summed E-state index contributed by atoms with van der Waals surface area (Å²) in [5.74, 6) is -1.53. The maximum absolute atomic E-state index is 12.7. The van der Waals surface area contributed by atoms with Crippen LogP contribution in [0.2, 0.25) is 0 Å². The third-order valence-electron chi connectivity index (χ3n) is 5.00. The minimum absolute atomic E-state index is 0.0895. The SMILES string of the molecule is Cc1cnc(CNC(=O)[C@@H]2CCCN2C(=O)OC(C)(C)C)cc1-c1cnc(C(F)(F)F)nc1. The molecule has 1 atom stereocenters. The van der Waals surface area contributed by atoms with Gasteiger partial charge in [-0.3, -0.25) is 14.7 Å². The Morgan fingerprint density at radius 2 is 1.82 bits per heavy atom. The first-order chi connectivity index (χ1) is 15.3. The van der Waals surface area contributed by atoms with E-state index in [4.69, 9.17) is 4.74 Å². The Bertz CT molecular complexity index is 1020. The van der Waals surface area contributed by atoms with Gasteiger partial charge in [-0.25, -0.2) is 14.8 Å². The van der Waals surface area contributed by atoms with Gasteiger partial charge in [0.15, 0.2) is 0 Å². The minimum Gasteiger partial charge on any atom is -0.444 e. The summed E-state index contributed by atoms with van der Waals surface area (Å²) in [4.78, 5) is 37.6. The smallest absolute Gasteiger partial charge is 0.444 e. The van der Waals surface area contributed by atoms with Gasteiger partial charge in [0.05, 0.1) is 12.2 Å². The van der Waals surface area contributed by atoms with Gasteiger partial charge in [-0.2, -0.15) is 13.2 Å². The summed E-state index contributed by atoms with van der Waals surface area (Å²) in [6.07, 6.45) is -0.141. The molecule has 3 heterocycles. The maximum Gasteiger partial charge on any atom is 0.451 e. The van der Waals surface area contributed by atoms with Crippen LogP contribution in [0, 0.1) is 6.92 Å². The van der Waals surface area contributed by atoms with Gasteiger partial charge in [-0.05, 0) is 57.7 Å². The minimum atomic E-state index is -4.62. The number of aromatic nitrogens is 3. The number of alkyl halides is 3. The van der Waals surface area contributed by atoms with Crippen molar-refractivity contribution in [3.05, 3.63) is 41.7 Å². The first-order valence-electron chi connectivity index (χ1n) is 10.5. The fourth-order valence-corrected chi connectivity index (χ4v) is 3.46. The van der Waals surface area contributed by atoms with Crippen LogP contribution < -0.4 is 5.32 Å². The highest BCUT2D eigenvalue weighted by Crippen LogP contribution is 2.28. The number of halogens is 3. The molecule has 0 unspecified atom stereocenters. The molecule has 1 N–H and O–H groups in total. The van der Waals surface area contributed by atoms with Crippen molar-refractivity contribution < 1.29 is 27.5 Å². The van der Waals surface area contributed by atoms with Gasteiger partial charge >= 0.3 is 12.3 Å². The van der Waals surface area contributed by atoms with Crippen molar-refractivity contribution in [2.75, 3.05) is 6.54 Å². The molecule has 0 bridgehead atoms. The second-order valence-corrected chi connectivity index (χ2v) is 8.83. The molecule has 1 aliphatic rings. The van der Waals surface area contributed by atoms with Gasteiger partial charge in [0.1, 0.15) is 11.6 Å². The molecular weight excluding hydrogens is 439 g/mol. The predicted octanol–water partition coefficient (Wildman–Crippen LogP) is 3.88. The number of nitrogens with zero attached hydrogens (tertiary/aromatic N) is 4. The lowest BCUT2D eigenvalue weighted by atomic mass is 10.0. The number of amides is 2. The van der Waals surface area contributed by atoms with Crippen LogP contribution in [-0.4, -0.2) is 50.0 Å². The number of rotatable bonds is 4. The molecule has 1 aliphatic heterocycles. The van der Waals surface area contributed by atoms with Gasteiger partial charge in [0.25, 0.3) is 0 Å². The van der Waals surface area contributed by atoms with Crippen molar-refractivity contribution in [3.63, 3.8) is 0 Å². The second-order valence-electron chi connectivity index (χ2n) is 8.83. The molecule has 8 nitrogen and oxygen atoms in total. The van der Waals surface area contributed by atoms with Crippen molar-refractivity contribution in [2.24, 2.45) is 0 Å². The van der Waals surface area contributed by atoms with E-state index in [0.717, 1.165) is 18.0 Å². The van der Waals surface area contributed by atoms with E-state index in [9.17, 15) is 22.8 Å². The van der Waals surface area contributed by atoms with Crippen LogP contribution in [0.4, 0.5) is 18.0 Å². The fourth-order valence-electron chi connectivity index (χ4n) is 3.46. The highest BCUT2D eigenvalue weighted by Gasteiger charge is 2.36. The van der Waals surface area contributed by atoms with Crippen molar-refractivity contribution in [1.82, 2.24) is 25.2 Å². The van der Waals surface area contributed by atoms with E-state index < -0.39 is 29.7 Å². The van der Waals surface area contributed by atoms with E-state index >= 15 is 0 Å². The molecular formula is C22H26F3N5O3. The van der Waals surface area contributed by atoms with Gasteiger partial charge in [-0.1, -0.05) is 0 Å². The molecule has 0 radical (unpaired) electrons. The summed E-state index contributed by atoms with van der Waals surface area (Å²) in [5, 5.41) is 2.78. The van der Waals surface area contributed by atoms with Gasteiger partial charge in [0.2, 0.25) is 11.7 Å². The van der Waals surface area contributed by atoms with Crippen LogP contribution in [0.3, 0.4) is 0 Å². The summed E-state index contributed by atoms with van der Waals surface area (Å²) in [6.45, 7) is 7.58. The zero-order valence-corrected chi connectivity index (χ0v) is 18.9. The van der Waals surface area contributed by atoms with Crippen LogP contribution in [-0.2, 0) is 22.3 Å². The van der Waals surface area contributed by atoms with Crippen LogP contribution in [0.1, 0.15) is 50.7 Å². The Kier molecular flexibility index (Phi) is 6.89. The zero-order valence-electron chi connectivity index (χ0n) is 18.9. The average molecular weight is 465 g/mol. The van der Waals surface area contributed by atoms with Crippen molar-refractivity contribution in [3.8, 4) is 11.1 Å². The highest BCUT2D eigenvalue weighted by atomic mass is 19.4. The first kappa shape index (κ1) is 24.4. The predicted molar refractivity (Wildman–Crippen MR) is 113 cm³/mol. The van der Waals surface area contributed by atoms with E-state index in [-0.39, 0.29) is 12.5 Å². The third kappa shape index (κ3) is 6.17. The number of hydrogen-bond acceptors (Lipinski definition) is 6. The number of nitrogens with one attached hydrogen (secondary N) is 1. The lowest BCUT2D eigenvalue weighted by molar-refractivity contribution is -0.145. The quantitative estimate of drug-likeness (QED) is 0.736. The number of carbonyl (C=O) groups excluding carboxylic acids is 2. The number of likely N-dealkylation sites (tertiary alicyclic amines) is 1. The summed E-state index contributed by atoms with van der Waals surface area (Å²) in [7, 11) is 0. The van der Waals surface area contributed by atoms with Crippen LogP contribution >= 0.6 is 0 Å². The molecule has 33 heavy (non-hydrogen) atoms. The standard InChI is InChI=1S/C22H26F3N5O3/c1-13-9-26-15(8-16(13)14-10-28-19(29-11-14)22(23,24)25)12-27-18(31)17-6-5-7-30(17)20(32)33-21(2,3)4/h8-11,17H,5-7,12H2,1-4H3,(H,27,31)/t17-/m0/s1. The normalized spacial score (nSPS) is 16.6. The van der Waals surface area contributed by atoms with Gasteiger partial charge in [-0.15, -0.1) is 0 Å². The van der Waals surface area contributed by atoms with Crippen molar-refractivity contribution in [2.45, 2.75) is 64.9 Å². The molecule has 1 saturated heterocycles. The third-order valence-corrected chi connectivity index (χ3v) is 5.00. The Labute approximate surface area is 189 Å². The highest BCUT2D eigenvalue weighted by molar-refractivity contribution is 5.86. The van der Waals surface area contributed by atoms with Gasteiger partial charge < -0.3 is 10.1 Å². The largest absolute Gasteiger partial charge is 0.451 e. The van der Waals surface area contributed by atoms with Crippen molar-refractivity contribution in [1.29, 1.82) is 0 Å². The molecule has 11 heteroatoms. The lowest BCUT2D eigenvalue weighted by Gasteiger charge is -2.28. The van der Waals surface area contributed by atoms with Crippen LogP contribution in [0.15, 0.2) is 24.7 Å². The van der Waals surface area contributed by atoms with E-state index in [0.29, 0.717) is 36.2 Å². The maximum atomic E-state index is 12.7. The van der Waals surface area contributed by atoms with Gasteiger partial charge in [0, 0.05) is 30.7 Å². The zero-order chi connectivity index (χ0) is 24.4. The second kappa shape index (κ2) is 9.32. The summed E-state index contributed by atoms with van der Waals surface area (Å²) in [6, 6.07) is 1.04. The average Bonchev–Trinajstić information content (AvgIpc) is 3.21. The van der Waals surface area contributed by atoms with E-state index in [1.807, 2.05) is 0 Å². The molecule has 0 aromatic carbocycles. The number of hydrogen-bond donors (Lipinski definition) is 1. The molecule has 2 aromatic heterocycles. The monoisotopic (exact) mass is 465 g/mol. The molecule has 178 valence electrons. The molecule has 1 fully saturated rings. The fraction of sp³-hybridized carbons (Fsp3) is 0.500. The Hall–Kier alpha value is -3.24. The van der Waals surface area contributed by atoms with E-state index in [1.165, 1.54) is 4.90 Å². The van der Waals surface area contributed by atoms with Crippen molar-refractivity contribution >= 4 is 12.0 Å². The topological polar surface area (TPSA) is 97.3 Å². The Morgan fingerprint density at radius 1 is 1.15 bits per heavy atom. The van der Waals surface area contributed by atoms with Crippen LogP contribution in [0.5, 0.6) is 0 Å². The van der Waals surface area contributed by atoms with Crippen LogP contribution in [0.25, 0.3) is 11.1 Å². The summed E-state index contributed by atoms with van der Waals surface area (Å²) >= 11 is 0. The summed E-state index contributed by atoms with van der Waals surface area (Å²) in [5.41, 5.74) is 1.58. The molecule has 2 aromatic rings. The Balaban J connectivity index is 1.68. The number of pyridine rings is 1.